The fourth-order valence-electron chi connectivity index (χ4n) is 1.68. The molecule has 1 fully saturated rings. The highest BCUT2D eigenvalue weighted by Crippen LogP contribution is 2.25. The van der Waals surface area contributed by atoms with Gasteiger partial charge in [0.15, 0.2) is 6.29 Å². The lowest BCUT2D eigenvalue weighted by Crippen LogP contribution is -2.47. The van der Waals surface area contributed by atoms with Crippen LogP contribution < -0.4 is 0 Å². The summed E-state index contributed by atoms with van der Waals surface area (Å²) in [7, 11) is 3.54. The first-order valence-corrected chi connectivity index (χ1v) is 4.31. The second-order valence-electron chi connectivity index (χ2n) is 3.68. The van der Waals surface area contributed by atoms with E-state index < -0.39 is 24.6 Å². The highest BCUT2D eigenvalue weighted by atomic mass is 16.6. The van der Waals surface area contributed by atoms with E-state index in [4.69, 9.17) is 4.74 Å². The smallest absolute Gasteiger partial charge is 0.183 e. The minimum absolute atomic E-state index is 0.366. The molecular weight excluding hydrogens is 174 g/mol. The third kappa shape index (κ3) is 2.00. The number of aliphatic hydroxyl groups excluding tert-OH is 3. The number of hydrogen-bond acceptors (Lipinski definition) is 5. The summed E-state index contributed by atoms with van der Waals surface area (Å²) in [6, 6.07) is -0.366. The Bertz CT molecular complexity index is 174. The van der Waals surface area contributed by atoms with Crippen molar-refractivity contribution in [3.8, 4) is 0 Å². The zero-order valence-corrected chi connectivity index (χ0v) is 8.08. The van der Waals surface area contributed by atoms with Crippen molar-refractivity contribution in [1.29, 1.82) is 0 Å². The molecule has 0 spiro atoms. The van der Waals surface area contributed by atoms with Crippen molar-refractivity contribution in [3.63, 3.8) is 0 Å². The molecule has 0 amide bonds. The Hall–Kier alpha value is -0.200. The van der Waals surface area contributed by atoms with Gasteiger partial charge in [-0.25, -0.2) is 0 Å². The molecule has 1 saturated heterocycles. The van der Waals surface area contributed by atoms with E-state index in [-0.39, 0.29) is 6.04 Å². The van der Waals surface area contributed by atoms with Crippen molar-refractivity contribution in [1.82, 2.24) is 4.90 Å². The molecule has 0 unspecified atom stereocenters. The SMILES string of the molecule is C[C@@H](O)[C@H]1O[C@@H](O)[C@H](O)[C@H]1N(C)C. The second kappa shape index (κ2) is 3.89. The van der Waals surface area contributed by atoms with Crippen LogP contribution in [0.15, 0.2) is 0 Å². The molecule has 5 nitrogen and oxygen atoms in total. The third-order valence-electron chi connectivity index (χ3n) is 2.35. The molecule has 0 saturated carbocycles. The van der Waals surface area contributed by atoms with Crippen molar-refractivity contribution in [3.05, 3.63) is 0 Å². The van der Waals surface area contributed by atoms with Crippen LogP contribution in [0.4, 0.5) is 0 Å². The minimum atomic E-state index is -1.20. The fourth-order valence-corrected chi connectivity index (χ4v) is 1.68. The molecule has 5 heteroatoms. The number of likely N-dealkylation sites (N-methyl/N-ethyl adjacent to an activating group) is 1. The van der Waals surface area contributed by atoms with E-state index in [9.17, 15) is 15.3 Å². The van der Waals surface area contributed by atoms with Gasteiger partial charge >= 0.3 is 0 Å². The summed E-state index contributed by atoms with van der Waals surface area (Å²) in [4.78, 5) is 1.73. The molecule has 0 aliphatic carbocycles. The Morgan fingerprint density at radius 2 is 1.85 bits per heavy atom. The summed E-state index contributed by atoms with van der Waals surface area (Å²) < 4.78 is 5.02. The number of rotatable bonds is 2. The van der Waals surface area contributed by atoms with Gasteiger partial charge in [0.05, 0.1) is 12.1 Å². The quantitative estimate of drug-likeness (QED) is 0.489. The molecule has 0 aromatic carbocycles. The van der Waals surface area contributed by atoms with E-state index in [0.29, 0.717) is 0 Å². The lowest BCUT2D eigenvalue weighted by molar-refractivity contribution is -0.143. The molecule has 13 heavy (non-hydrogen) atoms. The van der Waals surface area contributed by atoms with E-state index in [1.54, 1.807) is 25.9 Å². The second-order valence-corrected chi connectivity index (χ2v) is 3.68. The highest BCUT2D eigenvalue weighted by molar-refractivity contribution is 4.93. The summed E-state index contributed by atoms with van der Waals surface area (Å²) in [6.07, 6.45) is -3.42. The predicted octanol–water partition coefficient (Wildman–Crippen LogP) is -1.62. The first kappa shape index (κ1) is 10.9. The molecule has 0 aromatic heterocycles. The van der Waals surface area contributed by atoms with Gasteiger partial charge in [-0.15, -0.1) is 0 Å². The minimum Gasteiger partial charge on any atom is -0.391 e. The summed E-state index contributed by atoms with van der Waals surface area (Å²) >= 11 is 0. The maximum Gasteiger partial charge on any atom is 0.183 e. The van der Waals surface area contributed by atoms with E-state index in [1.807, 2.05) is 0 Å². The van der Waals surface area contributed by atoms with Crippen LogP contribution in [0, 0.1) is 0 Å². The molecule has 0 bridgehead atoms. The van der Waals surface area contributed by atoms with Gasteiger partial charge in [-0.1, -0.05) is 0 Å². The lowest BCUT2D eigenvalue weighted by atomic mass is 10.0. The normalized spacial score (nSPS) is 42.7. The first-order chi connectivity index (χ1) is 5.95. The third-order valence-corrected chi connectivity index (χ3v) is 2.35. The molecule has 1 rings (SSSR count). The zero-order valence-electron chi connectivity index (χ0n) is 8.08. The van der Waals surface area contributed by atoms with Crippen molar-refractivity contribution in [2.45, 2.75) is 37.6 Å². The molecule has 3 N–H and O–H groups in total. The van der Waals surface area contributed by atoms with Crippen molar-refractivity contribution in [2.75, 3.05) is 14.1 Å². The average Bonchev–Trinajstić information content (AvgIpc) is 2.28. The van der Waals surface area contributed by atoms with Crippen LogP contribution in [0.1, 0.15) is 6.92 Å². The summed E-state index contributed by atoms with van der Waals surface area (Å²) in [5.74, 6) is 0. The number of aliphatic hydroxyl groups is 3. The van der Waals surface area contributed by atoms with Gasteiger partial charge in [0.1, 0.15) is 12.2 Å². The van der Waals surface area contributed by atoms with Crippen LogP contribution in [0.5, 0.6) is 0 Å². The van der Waals surface area contributed by atoms with Gasteiger partial charge in [0.25, 0.3) is 0 Å². The fraction of sp³-hybridized carbons (Fsp3) is 1.00. The standard InChI is InChI=1S/C8H17NO4/c1-4(10)7-5(9(2)3)6(11)8(12)13-7/h4-8,10-12H,1-3H3/t4-,5-,6-,7-,8-/m1/s1. The molecule has 0 aromatic rings. The summed E-state index contributed by atoms with van der Waals surface area (Å²) in [5, 5.41) is 28.1. The Kier molecular flexibility index (Phi) is 3.26. The molecule has 5 atom stereocenters. The lowest BCUT2D eigenvalue weighted by Gasteiger charge is -2.27. The molecular formula is C8H17NO4. The molecule has 78 valence electrons. The van der Waals surface area contributed by atoms with Gasteiger partial charge in [-0.2, -0.15) is 0 Å². The van der Waals surface area contributed by atoms with Crippen molar-refractivity contribution >= 4 is 0 Å². The first-order valence-electron chi connectivity index (χ1n) is 4.31. The van der Waals surface area contributed by atoms with Crippen molar-refractivity contribution < 1.29 is 20.1 Å². The van der Waals surface area contributed by atoms with Crippen LogP contribution in [-0.4, -0.2) is 65.0 Å². The van der Waals surface area contributed by atoms with Gasteiger partial charge in [0, 0.05) is 0 Å². The number of hydrogen-bond donors (Lipinski definition) is 3. The van der Waals surface area contributed by atoms with Gasteiger partial charge in [0.2, 0.25) is 0 Å². The maximum atomic E-state index is 9.52. The molecule has 1 heterocycles. The topological polar surface area (TPSA) is 73.2 Å². The van der Waals surface area contributed by atoms with Crippen LogP contribution in [0.3, 0.4) is 0 Å². The van der Waals surface area contributed by atoms with Crippen LogP contribution in [0.25, 0.3) is 0 Å². The number of nitrogens with zero attached hydrogens (tertiary/aromatic N) is 1. The van der Waals surface area contributed by atoms with E-state index in [2.05, 4.69) is 0 Å². The largest absolute Gasteiger partial charge is 0.391 e. The molecule has 1 aliphatic heterocycles. The Balaban J connectivity index is 2.74. The molecule has 1 aliphatic rings. The summed E-state index contributed by atoms with van der Waals surface area (Å²) in [5.41, 5.74) is 0. The monoisotopic (exact) mass is 191 g/mol. The Morgan fingerprint density at radius 1 is 1.31 bits per heavy atom. The van der Waals surface area contributed by atoms with E-state index >= 15 is 0 Å². The molecule has 0 radical (unpaired) electrons. The van der Waals surface area contributed by atoms with Crippen LogP contribution >= 0.6 is 0 Å². The van der Waals surface area contributed by atoms with Crippen LogP contribution in [0.2, 0.25) is 0 Å². The maximum absolute atomic E-state index is 9.52. The Labute approximate surface area is 77.5 Å². The van der Waals surface area contributed by atoms with Gasteiger partial charge < -0.3 is 25.0 Å². The average molecular weight is 191 g/mol. The van der Waals surface area contributed by atoms with Gasteiger partial charge in [-0.3, -0.25) is 0 Å². The van der Waals surface area contributed by atoms with Crippen LogP contribution in [-0.2, 0) is 4.74 Å². The van der Waals surface area contributed by atoms with E-state index in [0.717, 1.165) is 0 Å². The summed E-state index contributed by atoms with van der Waals surface area (Å²) in [6.45, 7) is 1.58. The Morgan fingerprint density at radius 3 is 2.15 bits per heavy atom. The zero-order chi connectivity index (χ0) is 10.2. The van der Waals surface area contributed by atoms with Crippen molar-refractivity contribution in [2.24, 2.45) is 0 Å². The van der Waals surface area contributed by atoms with E-state index in [1.165, 1.54) is 0 Å². The number of ether oxygens (including phenoxy) is 1. The predicted molar refractivity (Wildman–Crippen MR) is 46.0 cm³/mol. The highest BCUT2D eigenvalue weighted by Gasteiger charge is 2.45. The van der Waals surface area contributed by atoms with Gasteiger partial charge in [-0.05, 0) is 21.0 Å².